The molecule has 1 aliphatic rings. The quantitative estimate of drug-likeness (QED) is 0.879. The number of rotatable bonds is 4. The lowest BCUT2D eigenvalue weighted by atomic mass is 9.97. The number of hydrogen-bond acceptors (Lipinski definition) is 2. The number of nitrogens with zero attached hydrogens (tertiary/aromatic N) is 2. The summed E-state index contributed by atoms with van der Waals surface area (Å²) in [4.78, 5) is 14.2. The molecule has 1 aromatic heterocycles. The summed E-state index contributed by atoms with van der Waals surface area (Å²) in [6, 6.07) is 3.85. The Morgan fingerprint density at radius 3 is 2.89 bits per heavy atom. The van der Waals surface area contributed by atoms with E-state index in [0.717, 1.165) is 31.9 Å². The molecule has 2 rings (SSSR count). The summed E-state index contributed by atoms with van der Waals surface area (Å²) >= 11 is 0. The van der Waals surface area contributed by atoms with Gasteiger partial charge in [-0.25, -0.2) is 0 Å². The van der Waals surface area contributed by atoms with Crippen molar-refractivity contribution < 1.29 is 4.79 Å². The average Bonchev–Trinajstić information content (AvgIpc) is 2.87. The Kier molecular flexibility index (Phi) is 4.42. The summed E-state index contributed by atoms with van der Waals surface area (Å²) in [5.41, 5.74) is 0.800. The molecule has 1 amide bonds. The highest BCUT2D eigenvalue weighted by Crippen LogP contribution is 2.14. The van der Waals surface area contributed by atoms with Crippen LogP contribution in [0.4, 0.5) is 0 Å². The second kappa shape index (κ2) is 6.05. The summed E-state index contributed by atoms with van der Waals surface area (Å²) in [6.07, 6.45) is 4.31. The van der Waals surface area contributed by atoms with Crippen LogP contribution in [0.1, 0.15) is 30.3 Å². The molecule has 0 aromatic carbocycles. The van der Waals surface area contributed by atoms with E-state index in [0.29, 0.717) is 5.92 Å². The molecule has 0 aliphatic carbocycles. The Labute approximate surface area is 109 Å². The van der Waals surface area contributed by atoms with Crippen molar-refractivity contribution in [2.45, 2.75) is 26.3 Å². The van der Waals surface area contributed by atoms with Crippen LogP contribution in [0.25, 0.3) is 0 Å². The van der Waals surface area contributed by atoms with Crippen LogP contribution in [0.2, 0.25) is 0 Å². The predicted molar refractivity (Wildman–Crippen MR) is 72.7 cm³/mol. The lowest BCUT2D eigenvalue weighted by molar-refractivity contribution is 0.0752. The number of amides is 1. The first-order valence-corrected chi connectivity index (χ1v) is 6.83. The van der Waals surface area contributed by atoms with E-state index < -0.39 is 0 Å². The summed E-state index contributed by atoms with van der Waals surface area (Å²) in [7, 11) is 1.91. The van der Waals surface area contributed by atoms with Gasteiger partial charge < -0.3 is 14.8 Å². The fraction of sp³-hybridized carbons (Fsp3) is 0.643. The van der Waals surface area contributed by atoms with Crippen molar-refractivity contribution in [3.8, 4) is 0 Å². The van der Waals surface area contributed by atoms with Crippen LogP contribution in [0.3, 0.4) is 0 Å². The van der Waals surface area contributed by atoms with Gasteiger partial charge in [0.25, 0.3) is 5.91 Å². The highest BCUT2D eigenvalue weighted by molar-refractivity contribution is 5.92. The lowest BCUT2D eigenvalue weighted by Gasteiger charge is -2.27. The van der Waals surface area contributed by atoms with E-state index in [-0.39, 0.29) is 5.91 Å². The molecule has 0 radical (unpaired) electrons. The molecule has 4 heteroatoms. The van der Waals surface area contributed by atoms with Gasteiger partial charge in [0.2, 0.25) is 0 Å². The van der Waals surface area contributed by atoms with Crippen molar-refractivity contribution in [1.29, 1.82) is 0 Å². The van der Waals surface area contributed by atoms with Gasteiger partial charge in [0.15, 0.2) is 0 Å². The normalized spacial score (nSPS) is 16.8. The molecule has 0 bridgehead atoms. The topological polar surface area (TPSA) is 37.3 Å². The second-order valence-electron chi connectivity index (χ2n) is 5.06. The van der Waals surface area contributed by atoms with Gasteiger partial charge in [-0.05, 0) is 50.9 Å². The maximum absolute atomic E-state index is 12.3. The van der Waals surface area contributed by atoms with Crippen LogP contribution in [0, 0.1) is 5.92 Å². The van der Waals surface area contributed by atoms with E-state index in [1.165, 1.54) is 12.8 Å². The van der Waals surface area contributed by atoms with Crippen LogP contribution >= 0.6 is 0 Å². The number of hydrogen-bond donors (Lipinski definition) is 1. The third-order valence-electron chi connectivity index (χ3n) is 3.73. The third-order valence-corrected chi connectivity index (χ3v) is 3.73. The fourth-order valence-corrected chi connectivity index (χ4v) is 2.61. The molecule has 2 heterocycles. The summed E-state index contributed by atoms with van der Waals surface area (Å²) in [6.45, 7) is 5.93. The molecule has 1 N–H and O–H groups in total. The van der Waals surface area contributed by atoms with Gasteiger partial charge >= 0.3 is 0 Å². The molecule has 0 spiro atoms. The molecular weight excluding hydrogens is 226 g/mol. The summed E-state index contributed by atoms with van der Waals surface area (Å²) in [5.74, 6) is 0.783. The number of carbonyl (C=O) groups is 1. The minimum atomic E-state index is 0.139. The third kappa shape index (κ3) is 2.93. The van der Waals surface area contributed by atoms with Gasteiger partial charge in [0.05, 0.1) is 0 Å². The Hall–Kier alpha value is -1.29. The van der Waals surface area contributed by atoms with Gasteiger partial charge in [0, 0.05) is 26.3 Å². The van der Waals surface area contributed by atoms with E-state index in [9.17, 15) is 4.79 Å². The van der Waals surface area contributed by atoms with Crippen LogP contribution in [0.15, 0.2) is 18.3 Å². The molecule has 0 atom stereocenters. The first-order chi connectivity index (χ1) is 8.72. The number of aryl methyl sites for hydroxylation is 1. The van der Waals surface area contributed by atoms with E-state index >= 15 is 0 Å². The number of nitrogens with one attached hydrogen (secondary N) is 1. The lowest BCUT2D eigenvalue weighted by Crippen LogP contribution is -2.37. The van der Waals surface area contributed by atoms with Gasteiger partial charge in [0.1, 0.15) is 5.69 Å². The average molecular weight is 249 g/mol. The minimum absolute atomic E-state index is 0.139. The van der Waals surface area contributed by atoms with E-state index in [1.54, 1.807) is 0 Å². The molecule has 1 aliphatic heterocycles. The van der Waals surface area contributed by atoms with Gasteiger partial charge in [-0.2, -0.15) is 0 Å². The summed E-state index contributed by atoms with van der Waals surface area (Å²) < 4.78 is 2.00. The zero-order valence-corrected chi connectivity index (χ0v) is 11.4. The van der Waals surface area contributed by atoms with E-state index in [1.807, 2.05) is 34.8 Å². The molecule has 0 saturated carbocycles. The Bertz CT molecular complexity index is 393. The van der Waals surface area contributed by atoms with Gasteiger partial charge in [-0.1, -0.05) is 0 Å². The molecule has 1 fully saturated rings. The zero-order valence-electron chi connectivity index (χ0n) is 11.4. The van der Waals surface area contributed by atoms with Crippen LogP contribution < -0.4 is 5.32 Å². The van der Waals surface area contributed by atoms with Crippen molar-refractivity contribution in [1.82, 2.24) is 14.8 Å². The molecule has 1 aromatic rings. The molecule has 0 unspecified atom stereocenters. The van der Waals surface area contributed by atoms with Crippen molar-refractivity contribution in [3.05, 3.63) is 24.0 Å². The minimum Gasteiger partial charge on any atom is -0.344 e. The van der Waals surface area contributed by atoms with E-state index in [2.05, 4.69) is 12.2 Å². The van der Waals surface area contributed by atoms with Crippen LogP contribution in [0.5, 0.6) is 0 Å². The highest BCUT2D eigenvalue weighted by Gasteiger charge is 2.20. The summed E-state index contributed by atoms with van der Waals surface area (Å²) in [5, 5.41) is 3.36. The number of piperidine rings is 1. The van der Waals surface area contributed by atoms with Crippen LogP contribution in [-0.4, -0.2) is 42.1 Å². The van der Waals surface area contributed by atoms with Crippen LogP contribution in [-0.2, 0) is 6.54 Å². The Balaban J connectivity index is 1.95. The highest BCUT2D eigenvalue weighted by atomic mass is 16.2. The fourth-order valence-electron chi connectivity index (χ4n) is 2.61. The SMILES string of the molecule is CCn1cccc1C(=O)N(C)CC1CCNCC1. The Morgan fingerprint density at radius 2 is 2.22 bits per heavy atom. The second-order valence-corrected chi connectivity index (χ2v) is 5.06. The molecule has 1 saturated heterocycles. The number of aromatic nitrogens is 1. The Morgan fingerprint density at radius 1 is 1.50 bits per heavy atom. The first kappa shape index (κ1) is 13.1. The maximum atomic E-state index is 12.3. The zero-order chi connectivity index (χ0) is 13.0. The first-order valence-electron chi connectivity index (χ1n) is 6.83. The smallest absolute Gasteiger partial charge is 0.270 e. The molecular formula is C14H23N3O. The predicted octanol–water partition coefficient (Wildman–Crippen LogP) is 1.58. The number of carbonyl (C=O) groups excluding carboxylic acids is 1. The van der Waals surface area contributed by atoms with Gasteiger partial charge in [-0.3, -0.25) is 4.79 Å². The van der Waals surface area contributed by atoms with Crippen molar-refractivity contribution in [2.75, 3.05) is 26.7 Å². The molecule has 4 nitrogen and oxygen atoms in total. The molecule has 18 heavy (non-hydrogen) atoms. The van der Waals surface area contributed by atoms with Crippen molar-refractivity contribution in [3.63, 3.8) is 0 Å². The van der Waals surface area contributed by atoms with Gasteiger partial charge in [-0.15, -0.1) is 0 Å². The maximum Gasteiger partial charge on any atom is 0.270 e. The largest absolute Gasteiger partial charge is 0.344 e. The monoisotopic (exact) mass is 249 g/mol. The van der Waals surface area contributed by atoms with Crippen molar-refractivity contribution >= 4 is 5.91 Å². The van der Waals surface area contributed by atoms with E-state index in [4.69, 9.17) is 0 Å². The van der Waals surface area contributed by atoms with Crippen molar-refractivity contribution in [2.24, 2.45) is 5.92 Å². The molecule has 100 valence electrons. The standard InChI is InChI=1S/C14H23N3O/c1-3-17-10-4-5-13(17)14(18)16(2)11-12-6-8-15-9-7-12/h4-5,10,12,15H,3,6-9,11H2,1-2H3.